The van der Waals surface area contributed by atoms with E-state index in [0.29, 0.717) is 0 Å². The second-order valence-corrected chi connectivity index (χ2v) is 7.88. The highest BCUT2D eigenvalue weighted by atomic mass is 32.2. The van der Waals surface area contributed by atoms with E-state index in [-0.39, 0.29) is 10.9 Å². The molecule has 1 unspecified atom stereocenters. The molecule has 0 heterocycles. The van der Waals surface area contributed by atoms with Gasteiger partial charge in [-0.2, -0.15) is 0 Å². The molecule has 1 aliphatic carbocycles. The van der Waals surface area contributed by atoms with Crippen molar-refractivity contribution in [2.45, 2.75) is 31.6 Å². The minimum Gasteiger partial charge on any atom is -0.277 e. The smallest absolute Gasteiger partial charge is 0.161 e. The SMILES string of the molecule is CC(C)(C)S(=O)OC1c2ccccc2-c2ccccc21. The summed E-state index contributed by atoms with van der Waals surface area (Å²) in [6.07, 6.45) is -0.234. The van der Waals surface area contributed by atoms with Crippen molar-refractivity contribution < 1.29 is 8.39 Å². The minimum atomic E-state index is -1.34. The first-order valence-electron chi connectivity index (χ1n) is 6.76. The molecule has 0 amide bonds. The predicted molar refractivity (Wildman–Crippen MR) is 82.7 cm³/mol. The van der Waals surface area contributed by atoms with E-state index in [2.05, 4.69) is 24.3 Å². The molecular formula is C17H18O2S. The summed E-state index contributed by atoms with van der Waals surface area (Å²) in [4.78, 5) is 0. The third kappa shape index (κ3) is 2.21. The maximum absolute atomic E-state index is 12.3. The number of hydrogen-bond acceptors (Lipinski definition) is 2. The summed E-state index contributed by atoms with van der Waals surface area (Å²) in [6, 6.07) is 16.4. The minimum absolute atomic E-state index is 0.234. The van der Waals surface area contributed by atoms with Gasteiger partial charge in [0.15, 0.2) is 11.1 Å². The molecule has 2 aromatic carbocycles. The van der Waals surface area contributed by atoms with Crippen molar-refractivity contribution >= 4 is 11.1 Å². The highest BCUT2D eigenvalue weighted by Crippen LogP contribution is 2.45. The average molecular weight is 286 g/mol. The van der Waals surface area contributed by atoms with Gasteiger partial charge in [0.25, 0.3) is 0 Å². The third-order valence-corrected chi connectivity index (χ3v) is 4.83. The first-order chi connectivity index (χ1) is 9.48. The lowest BCUT2D eigenvalue weighted by atomic mass is 10.1. The summed E-state index contributed by atoms with van der Waals surface area (Å²) in [5.74, 6) is 0. The number of fused-ring (bicyclic) bond motifs is 3. The van der Waals surface area contributed by atoms with Gasteiger partial charge in [-0.3, -0.25) is 4.18 Å². The Morgan fingerprint density at radius 2 is 1.35 bits per heavy atom. The summed E-state index contributed by atoms with van der Waals surface area (Å²) in [5, 5.41) is 0. The standard InChI is InChI=1S/C17H18O2S/c1-17(2,3)20(18)19-16-14-10-6-4-8-12(14)13-9-5-7-11-15(13)16/h4-11,16H,1-3H3. The van der Waals surface area contributed by atoms with Crippen molar-refractivity contribution in [3.8, 4) is 11.1 Å². The summed E-state index contributed by atoms with van der Waals surface area (Å²) in [7, 11) is 0. The van der Waals surface area contributed by atoms with Crippen LogP contribution in [-0.4, -0.2) is 8.96 Å². The lowest BCUT2D eigenvalue weighted by molar-refractivity contribution is 0.272. The molecule has 3 rings (SSSR count). The molecule has 0 N–H and O–H groups in total. The van der Waals surface area contributed by atoms with Gasteiger partial charge in [-0.1, -0.05) is 48.5 Å². The van der Waals surface area contributed by atoms with Crippen LogP contribution < -0.4 is 0 Å². The van der Waals surface area contributed by atoms with Gasteiger partial charge < -0.3 is 0 Å². The molecule has 0 aromatic heterocycles. The molecular weight excluding hydrogens is 268 g/mol. The van der Waals surface area contributed by atoms with Crippen LogP contribution in [0.25, 0.3) is 11.1 Å². The van der Waals surface area contributed by atoms with E-state index in [4.69, 9.17) is 4.18 Å². The highest BCUT2D eigenvalue weighted by Gasteiger charge is 2.33. The van der Waals surface area contributed by atoms with E-state index in [9.17, 15) is 4.21 Å². The Kier molecular flexibility index (Phi) is 3.27. The van der Waals surface area contributed by atoms with Crippen molar-refractivity contribution in [2.75, 3.05) is 0 Å². The van der Waals surface area contributed by atoms with E-state index in [1.54, 1.807) is 0 Å². The highest BCUT2D eigenvalue weighted by molar-refractivity contribution is 7.81. The lowest BCUT2D eigenvalue weighted by Gasteiger charge is -2.21. The third-order valence-electron chi connectivity index (χ3n) is 3.46. The van der Waals surface area contributed by atoms with Crippen LogP contribution in [0.2, 0.25) is 0 Å². The van der Waals surface area contributed by atoms with Gasteiger partial charge >= 0.3 is 0 Å². The maximum Gasteiger partial charge on any atom is 0.161 e. The molecule has 20 heavy (non-hydrogen) atoms. The topological polar surface area (TPSA) is 26.3 Å². The monoisotopic (exact) mass is 286 g/mol. The van der Waals surface area contributed by atoms with Gasteiger partial charge in [0.05, 0.1) is 4.75 Å². The van der Waals surface area contributed by atoms with Crippen molar-refractivity contribution in [1.82, 2.24) is 0 Å². The van der Waals surface area contributed by atoms with Gasteiger partial charge in [-0.25, -0.2) is 4.21 Å². The van der Waals surface area contributed by atoms with Crippen LogP contribution in [0.1, 0.15) is 38.0 Å². The molecule has 1 aliphatic rings. The zero-order valence-electron chi connectivity index (χ0n) is 11.9. The lowest BCUT2D eigenvalue weighted by Crippen LogP contribution is -2.25. The van der Waals surface area contributed by atoms with Crippen LogP contribution >= 0.6 is 0 Å². The van der Waals surface area contributed by atoms with Crippen molar-refractivity contribution in [3.63, 3.8) is 0 Å². The van der Waals surface area contributed by atoms with Crippen LogP contribution in [0.5, 0.6) is 0 Å². The summed E-state index contributed by atoms with van der Waals surface area (Å²) >= 11 is -1.34. The fourth-order valence-electron chi connectivity index (χ4n) is 2.44. The first-order valence-corrected chi connectivity index (χ1v) is 7.83. The normalized spacial score (nSPS) is 15.8. The molecule has 1 atom stereocenters. The van der Waals surface area contributed by atoms with Crippen molar-refractivity contribution in [2.24, 2.45) is 0 Å². The van der Waals surface area contributed by atoms with Gasteiger partial charge in [-0.15, -0.1) is 0 Å². The van der Waals surface area contributed by atoms with Crippen LogP contribution in [0.15, 0.2) is 48.5 Å². The Hall–Kier alpha value is -1.45. The second kappa shape index (κ2) is 4.83. The molecule has 0 spiro atoms. The van der Waals surface area contributed by atoms with Gasteiger partial charge in [0, 0.05) is 0 Å². The Balaban J connectivity index is 2.06. The fourth-order valence-corrected chi connectivity index (χ4v) is 3.12. The molecule has 0 fully saturated rings. The molecule has 3 heteroatoms. The van der Waals surface area contributed by atoms with Crippen molar-refractivity contribution in [3.05, 3.63) is 59.7 Å². The zero-order chi connectivity index (χ0) is 14.3. The molecule has 104 valence electrons. The number of benzene rings is 2. The molecule has 2 aromatic rings. The van der Waals surface area contributed by atoms with E-state index >= 15 is 0 Å². The van der Waals surface area contributed by atoms with E-state index in [1.807, 2.05) is 45.0 Å². The van der Waals surface area contributed by atoms with Gasteiger partial charge in [-0.05, 0) is 43.0 Å². The summed E-state index contributed by atoms with van der Waals surface area (Å²) < 4.78 is 17.8. The Morgan fingerprint density at radius 1 is 0.900 bits per heavy atom. The van der Waals surface area contributed by atoms with E-state index in [1.165, 1.54) is 11.1 Å². The zero-order valence-corrected chi connectivity index (χ0v) is 12.7. The molecule has 0 saturated carbocycles. The van der Waals surface area contributed by atoms with Gasteiger partial charge in [0.1, 0.15) is 6.10 Å². The Morgan fingerprint density at radius 3 is 1.80 bits per heavy atom. The van der Waals surface area contributed by atoms with Crippen LogP contribution in [0.4, 0.5) is 0 Å². The maximum atomic E-state index is 12.3. The van der Waals surface area contributed by atoms with E-state index in [0.717, 1.165) is 11.1 Å². The fraction of sp³-hybridized carbons (Fsp3) is 0.294. The molecule has 2 nitrogen and oxygen atoms in total. The number of hydrogen-bond donors (Lipinski definition) is 0. The van der Waals surface area contributed by atoms with Crippen LogP contribution in [0, 0.1) is 0 Å². The Bertz CT molecular complexity index is 625. The second-order valence-electron chi connectivity index (χ2n) is 6.00. The quantitative estimate of drug-likeness (QED) is 0.825. The summed E-state index contributed by atoms with van der Waals surface area (Å²) in [6.45, 7) is 5.78. The van der Waals surface area contributed by atoms with Crippen LogP contribution in [-0.2, 0) is 15.3 Å². The van der Waals surface area contributed by atoms with Gasteiger partial charge in [0.2, 0.25) is 0 Å². The van der Waals surface area contributed by atoms with Crippen LogP contribution in [0.3, 0.4) is 0 Å². The molecule has 0 aliphatic heterocycles. The predicted octanol–water partition coefficient (Wildman–Crippen LogP) is 4.24. The largest absolute Gasteiger partial charge is 0.277 e. The molecule has 0 bridgehead atoms. The first kappa shape index (κ1) is 13.5. The number of rotatable bonds is 2. The molecule has 0 radical (unpaired) electrons. The molecule has 0 saturated heterocycles. The van der Waals surface area contributed by atoms with E-state index < -0.39 is 11.1 Å². The van der Waals surface area contributed by atoms with Crippen molar-refractivity contribution in [1.29, 1.82) is 0 Å². The Labute approximate surface area is 122 Å². The summed E-state index contributed by atoms with van der Waals surface area (Å²) in [5.41, 5.74) is 4.57. The average Bonchev–Trinajstić information content (AvgIpc) is 2.73.